The van der Waals surface area contributed by atoms with Crippen LogP contribution < -0.4 is 5.32 Å². The first-order valence-corrected chi connectivity index (χ1v) is 9.81. The molecular weight excluding hydrogens is 434 g/mol. The molecule has 0 aliphatic rings. The Balaban J connectivity index is 1.84. The van der Waals surface area contributed by atoms with Gasteiger partial charge >= 0.3 is 6.18 Å². The van der Waals surface area contributed by atoms with Gasteiger partial charge in [0.2, 0.25) is 5.91 Å². The number of aromatic nitrogens is 3. The molecule has 1 aromatic carbocycles. The predicted octanol–water partition coefficient (Wildman–Crippen LogP) is 4.64. The quantitative estimate of drug-likeness (QED) is 0.348. The van der Waals surface area contributed by atoms with Crippen LogP contribution in [0.1, 0.15) is 22.5 Å². The minimum absolute atomic E-state index is 0.194. The summed E-state index contributed by atoms with van der Waals surface area (Å²) in [5.74, 6) is -1.09. The van der Waals surface area contributed by atoms with Crippen molar-refractivity contribution in [2.24, 2.45) is 0 Å². The average Bonchev–Trinajstić information content (AvgIpc) is 2.96. The maximum Gasteiger partial charge on any atom is 0.433 e. The maximum absolute atomic E-state index is 13.3. The molecule has 31 heavy (non-hydrogen) atoms. The Morgan fingerprint density at radius 3 is 2.52 bits per heavy atom. The van der Waals surface area contributed by atoms with E-state index in [1.165, 1.54) is 24.3 Å². The van der Waals surface area contributed by atoms with E-state index in [-0.39, 0.29) is 22.3 Å². The molecule has 0 saturated heterocycles. The van der Waals surface area contributed by atoms with Gasteiger partial charge in [-0.15, -0.1) is 0 Å². The van der Waals surface area contributed by atoms with Crippen LogP contribution in [0.15, 0.2) is 41.7 Å². The molecule has 3 rings (SSSR count). The Kier molecular flexibility index (Phi) is 6.31. The Morgan fingerprint density at radius 1 is 1.23 bits per heavy atom. The second kappa shape index (κ2) is 8.77. The second-order valence-electron chi connectivity index (χ2n) is 6.42. The van der Waals surface area contributed by atoms with Crippen molar-refractivity contribution in [1.82, 2.24) is 14.5 Å². The molecular formula is C20H15F4N5OS. The molecule has 0 radical (unpaired) electrons. The van der Waals surface area contributed by atoms with E-state index in [0.717, 1.165) is 24.0 Å². The number of hydrogen-bond acceptors (Lipinski definition) is 5. The molecule has 2 aromatic heterocycles. The van der Waals surface area contributed by atoms with Crippen molar-refractivity contribution in [3.05, 3.63) is 64.9 Å². The van der Waals surface area contributed by atoms with Gasteiger partial charge in [0, 0.05) is 17.6 Å². The summed E-state index contributed by atoms with van der Waals surface area (Å²) in [6.07, 6.45) is -3.65. The third-order valence-corrected chi connectivity index (χ3v) is 5.29. The van der Waals surface area contributed by atoms with Crippen LogP contribution in [-0.2, 0) is 11.0 Å². The molecule has 0 unspecified atom stereocenters. The number of nitrogens with zero attached hydrogens (tertiary/aromatic N) is 4. The number of benzene rings is 1. The van der Waals surface area contributed by atoms with Gasteiger partial charge < -0.3 is 5.32 Å². The standard InChI is InChI=1S/C20H15F4N5OS/c1-11-12(2)29(14-5-3-13(21)4-6-14)18(15(11)9-25)28-17(30)10-31-19-26-8-7-16(27-19)20(22,23)24/h3-8H,10H2,1-2H3,(H,28,30). The Bertz CT molecular complexity index is 1170. The van der Waals surface area contributed by atoms with E-state index in [2.05, 4.69) is 15.3 Å². The zero-order valence-corrected chi connectivity index (χ0v) is 17.1. The van der Waals surface area contributed by atoms with Crippen LogP contribution in [-0.4, -0.2) is 26.2 Å². The smallest absolute Gasteiger partial charge is 0.310 e. The summed E-state index contributed by atoms with van der Waals surface area (Å²) >= 11 is 0.730. The van der Waals surface area contributed by atoms with Gasteiger partial charge in [-0.3, -0.25) is 9.36 Å². The third kappa shape index (κ3) is 4.86. The van der Waals surface area contributed by atoms with Crippen molar-refractivity contribution in [1.29, 1.82) is 5.26 Å². The Hall–Kier alpha value is -3.39. The summed E-state index contributed by atoms with van der Waals surface area (Å²) < 4.78 is 53.2. The topological polar surface area (TPSA) is 83.6 Å². The molecule has 3 aromatic rings. The van der Waals surface area contributed by atoms with Gasteiger partial charge in [0.1, 0.15) is 23.4 Å². The van der Waals surface area contributed by atoms with Crippen molar-refractivity contribution in [2.45, 2.75) is 25.2 Å². The highest BCUT2D eigenvalue weighted by Crippen LogP contribution is 2.31. The van der Waals surface area contributed by atoms with E-state index in [1.807, 2.05) is 6.07 Å². The van der Waals surface area contributed by atoms with E-state index in [1.54, 1.807) is 18.4 Å². The van der Waals surface area contributed by atoms with Crippen molar-refractivity contribution < 1.29 is 22.4 Å². The zero-order chi connectivity index (χ0) is 22.8. The molecule has 0 aliphatic carbocycles. The predicted molar refractivity (Wildman–Crippen MR) is 106 cm³/mol. The zero-order valence-electron chi connectivity index (χ0n) is 16.3. The van der Waals surface area contributed by atoms with E-state index >= 15 is 0 Å². The highest BCUT2D eigenvalue weighted by Gasteiger charge is 2.32. The molecule has 0 fully saturated rings. The van der Waals surface area contributed by atoms with Gasteiger partial charge in [-0.25, -0.2) is 14.4 Å². The van der Waals surface area contributed by atoms with E-state index in [4.69, 9.17) is 0 Å². The lowest BCUT2D eigenvalue weighted by atomic mass is 10.2. The number of thioether (sulfide) groups is 1. The molecule has 0 aliphatic heterocycles. The summed E-state index contributed by atoms with van der Waals surface area (Å²) in [4.78, 5) is 19.6. The van der Waals surface area contributed by atoms with Gasteiger partial charge in [0.15, 0.2) is 5.16 Å². The van der Waals surface area contributed by atoms with Gasteiger partial charge in [-0.2, -0.15) is 18.4 Å². The average molecular weight is 449 g/mol. The molecule has 0 spiro atoms. The van der Waals surface area contributed by atoms with Gasteiger partial charge in [0.05, 0.1) is 11.3 Å². The van der Waals surface area contributed by atoms with E-state index < -0.39 is 23.6 Å². The lowest BCUT2D eigenvalue weighted by Crippen LogP contribution is -2.18. The summed E-state index contributed by atoms with van der Waals surface area (Å²) in [6.45, 7) is 3.47. The summed E-state index contributed by atoms with van der Waals surface area (Å²) in [5, 5.41) is 12.0. The first-order chi connectivity index (χ1) is 14.6. The number of nitriles is 1. The fourth-order valence-corrected chi connectivity index (χ4v) is 3.47. The van der Waals surface area contributed by atoms with E-state index in [0.29, 0.717) is 16.9 Å². The number of amides is 1. The largest absolute Gasteiger partial charge is 0.433 e. The fourth-order valence-electron chi connectivity index (χ4n) is 2.84. The summed E-state index contributed by atoms with van der Waals surface area (Å²) in [5.41, 5.74) is 0.972. The third-order valence-electron chi connectivity index (χ3n) is 4.42. The van der Waals surface area contributed by atoms with Crippen LogP contribution in [0.2, 0.25) is 0 Å². The molecule has 11 heteroatoms. The van der Waals surface area contributed by atoms with Crippen molar-refractivity contribution >= 4 is 23.5 Å². The number of alkyl halides is 3. The second-order valence-corrected chi connectivity index (χ2v) is 7.36. The van der Waals surface area contributed by atoms with Crippen LogP contribution in [0.3, 0.4) is 0 Å². The minimum Gasteiger partial charge on any atom is -0.310 e. The summed E-state index contributed by atoms with van der Waals surface area (Å²) in [6, 6.07) is 8.30. The lowest BCUT2D eigenvalue weighted by molar-refractivity contribution is -0.141. The summed E-state index contributed by atoms with van der Waals surface area (Å²) in [7, 11) is 0. The van der Waals surface area contributed by atoms with Gasteiger partial charge in [-0.05, 0) is 49.7 Å². The number of rotatable bonds is 5. The molecule has 2 heterocycles. The van der Waals surface area contributed by atoms with Gasteiger partial charge in [0.25, 0.3) is 0 Å². The van der Waals surface area contributed by atoms with Crippen LogP contribution >= 0.6 is 11.8 Å². The molecule has 1 amide bonds. The molecule has 1 N–H and O–H groups in total. The van der Waals surface area contributed by atoms with Crippen LogP contribution in [0.5, 0.6) is 0 Å². The Labute approximate surface area is 178 Å². The number of halogens is 4. The first-order valence-electron chi connectivity index (χ1n) is 8.82. The van der Waals surface area contributed by atoms with Crippen LogP contribution in [0, 0.1) is 31.0 Å². The fraction of sp³-hybridized carbons (Fsp3) is 0.200. The molecule has 160 valence electrons. The molecule has 0 atom stereocenters. The first kappa shape index (κ1) is 22.3. The van der Waals surface area contributed by atoms with Crippen molar-refractivity contribution in [3.63, 3.8) is 0 Å². The van der Waals surface area contributed by atoms with Crippen molar-refractivity contribution in [2.75, 3.05) is 11.1 Å². The van der Waals surface area contributed by atoms with Crippen LogP contribution in [0.4, 0.5) is 23.4 Å². The monoisotopic (exact) mass is 449 g/mol. The Morgan fingerprint density at radius 2 is 1.90 bits per heavy atom. The number of hydrogen-bond donors (Lipinski definition) is 1. The van der Waals surface area contributed by atoms with Crippen LogP contribution in [0.25, 0.3) is 5.69 Å². The van der Waals surface area contributed by atoms with Crippen molar-refractivity contribution in [3.8, 4) is 11.8 Å². The minimum atomic E-state index is -4.62. The number of carbonyl (C=O) groups excluding carboxylic acids is 1. The molecule has 6 nitrogen and oxygen atoms in total. The SMILES string of the molecule is Cc1c(C#N)c(NC(=O)CSc2nccc(C(F)(F)F)n2)n(-c2ccc(F)cc2)c1C. The lowest BCUT2D eigenvalue weighted by Gasteiger charge is -2.13. The number of nitrogens with one attached hydrogen (secondary N) is 1. The normalized spacial score (nSPS) is 11.3. The molecule has 0 bridgehead atoms. The number of carbonyl (C=O) groups is 1. The number of anilines is 1. The molecule has 0 saturated carbocycles. The maximum atomic E-state index is 13.3. The highest BCUT2D eigenvalue weighted by molar-refractivity contribution is 7.99. The highest BCUT2D eigenvalue weighted by atomic mass is 32.2. The van der Waals surface area contributed by atoms with E-state index in [9.17, 15) is 27.6 Å². The van der Waals surface area contributed by atoms with Gasteiger partial charge in [-0.1, -0.05) is 11.8 Å².